The Bertz CT molecular complexity index is 1160. The van der Waals surface area contributed by atoms with E-state index in [1.165, 1.54) is 6.33 Å². The summed E-state index contributed by atoms with van der Waals surface area (Å²) >= 11 is 0. The van der Waals surface area contributed by atoms with Gasteiger partial charge in [0.15, 0.2) is 0 Å². The number of sulfonamides is 2. The van der Waals surface area contributed by atoms with Crippen LogP contribution in [-0.4, -0.2) is 82.3 Å². The summed E-state index contributed by atoms with van der Waals surface area (Å²) in [5.74, 6) is 0.981. The Morgan fingerprint density at radius 2 is 1.00 bits per heavy atom. The molecule has 0 radical (unpaired) electrons. The molecule has 4 bridgehead atoms. The van der Waals surface area contributed by atoms with Gasteiger partial charge in [0, 0.05) is 49.9 Å². The molecule has 2 aliphatic carbocycles. The van der Waals surface area contributed by atoms with Gasteiger partial charge in [-0.25, -0.2) is 26.8 Å². The summed E-state index contributed by atoms with van der Waals surface area (Å²) in [6.45, 7) is 1.90. The summed E-state index contributed by atoms with van der Waals surface area (Å²) < 4.78 is 68.0. The molecule has 2 saturated carbocycles. The molecule has 7 rings (SSSR count). The highest BCUT2D eigenvalue weighted by Crippen LogP contribution is 2.45. The molecule has 0 amide bonds. The van der Waals surface area contributed by atoms with Gasteiger partial charge >= 0.3 is 0 Å². The molecular weight excluding hydrogens is 516 g/mol. The fourth-order valence-electron chi connectivity index (χ4n) is 7.24. The lowest BCUT2D eigenvalue weighted by Gasteiger charge is -2.38. The van der Waals surface area contributed by atoms with Crippen molar-refractivity contribution in [2.45, 2.75) is 131 Å². The van der Waals surface area contributed by atoms with E-state index in [0.29, 0.717) is 37.4 Å². The molecule has 0 N–H and O–H groups in total. The van der Waals surface area contributed by atoms with Gasteiger partial charge in [0.25, 0.3) is 0 Å². The molecule has 4 saturated heterocycles. The minimum atomic E-state index is -3.18. The monoisotopic (exact) mass is 552 g/mol. The molecule has 0 unspecified atom stereocenters. The van der Waals surface area contributed by atoms with E-state index >= 15 is 0 Å². The van der Waals surface area contributed by atoms with Crippen molar-refractivity contribution < 1.29 is 26.3 Å². The van der Waals surface area contributed by atoms with Gasteiger partial charge in [-0.2, -0.15) is 8.61 Å². The molecule has 10 nitrogen and oxygen atoms in total. The Morgan fingerprint density at radius 1 is 0.649 bits per heavy atom. The summed E-state index contributed by atoms with van der Waals surface area (Å²) in [5.41, 5.74) is 0.739. The molecule has 5 heterocycles. The predicted molar refractivity (Wildman–Crippen MR) is 135 cm³/mol. The number of piperidine rings is 2. The predicted octanol–water partition coefficient (Wildman–Crippen LogP) is 2.52. The average Bonchev–Trinajstić information content (AvgIpc) is 3.76. The standard InChI is InChI=1S/C25H36N4O6S2/c1-15-24(34-20-10-16-2-3-17(11-20)28(16)36(30,31)22-6-7-22)26-14-27-25(15)35-21-12-18-4-5-19(13-21)29(18)37(32,33)23-8-9-23/h14,16-23H,2-13H2,1H3/t16-,17-,18+,19+. The van der Waals surface area contributed by atoms with Crippen LogP contribution in [0.5, 0.6) is 11.8 Å². The van der Waals surface area contributed by atoms with E-state index in [2.05, 4.69) is 9.97 Å². The fraction of sp³-hybridized carbons (Fsp3) is 0.840. The number of ether oxygens (including phenoxy) is 2. The normalized spacial score (nSPS) is 36.6. The third kappa shape index (κ3) is 4.26. The van der Waals surface area contributed by atoms with Crippen LogP contribution in [0.15, 0.2) is 6.33 Å². The molecular formula is C25H36N4O6S2. The molecule has 204 valence electrons. The van der Waals surface area contributed by atoms with E-state index in [4.69, 9.17) is 9.47 Å². The first-order valence-electron chi connectivity index (χ1n) is 13.9. The van der Waals surface area contributed by atoms with E-state index in [0.717, 1.165) is 56.9 Å². The van der Waals surface area contributed by atoms with E-state index in [-0.39, 0.29) is 46.9 Å². The van der Waals surface area contributed by atoms with Crippen LogP contribution in [0.25, 0.3) is 0 Å². The molecule has 12 heteroatoms. The van der Waals surface area contributed by atoms with E-state index in [9.17, 15) is 16.8 Å². The molecule has 6 fully saturated rings. The van der Waals surface area contributed by atoms with Crippen molar-refractivity contribution in [2.75, 3.05) is 0 Å². The second-order valence-electron chi connectivity index (χ2n) is 11.9. The van der Waals surface area contributed by atoms with E-state index in [1.54, 1.807) is 8.61 Å². The second-order valence-corrected chi connectivity index (χ2v) is 16.2. The van der Waals surface area contributed by atoms with Gasteiger partial charge in [-0.3, -0.25) is 0 Å². The van der Waals surface area contributed by atoms with Gasteiger partial charge in [-0.1, -0.05) is 0 Å². The van der Waals surface area contributed by atoms with Gasteiger partial charge in [0.05, 0.1) is 16.1 Å². The highest BCUT2D eigenvalue weighted by Gasteiger charge is 2.53. The van der Waals surface area contributed by atoms with Gasteiger partial charge in [-0.05, 0) is 58.3 Å². The van der Waals surface area contributed by atoms with Crippen LogP contribution in [0, 0.1) is 6.92 Å². The largest absolute Gasteiger partial charge is 0.474 e. The lowest BCUT2D eigenvalue weighted by atomic mass is 10.0. The summed E-state index contributed by atoms with van der Waals surface area (Å²) in [6, 6.07) is 0.0548. The van der Waals surface area contributed by atoms with Crippen molar-refractivity contribution >= 4 is 20.0 Å². The molecule has 1 aromatic rings. The number of nitrogens with zero attached hydrogens (tertiary/aromatic N) is 4. The molecule has 1 aromatic heterocycles. The Morgan fingerprint density at radius 3 is 1.32 bits per heavy atom. The number of hydrogen-bond donors (Lipinski definition) is 0. The maximum absolute atomic E-state index is 12.9. The number of aromatic nitrogens is 2. The molecule has 4 atom stereocenters. The molecule has 6 aliphatic rings. The van der Waals surface area contributed by atoms with Crippen LogP contribution in [0.1, 0.15) is 82.6 Å². The van der Waals surface area contributed by atoms with Crippen molar-refractivity contribution in [2.24, 2.45) is 0 Å². The Labute approximate surface area is 219 Å². The summed E-state index contributed by atoms with van der Waals surface area (Å²) in [5, 5.41) is -0.347. The highest BCUT2D eigenvalue weighted by molar-refractivity contribution is 7.90. The van der Waals surface area contributed by atoms with Gasteiger partial charge in [0.1, 0.15) is 18.5 Å². The van der Waals surface area contributed by atoms with Crippen LogP contribution in [0.2, 0.25) is 0 Å². The lowest BCUT2D eigenvalue weighted by Crippen LogP contribution is -2.50. The smallest absolute Gasteiger partial charge is 0.223 e. The van der Waals surface area contributed by atoms with Crippen molar-refractivity contribution in [3.8, 4) is 11.8 Å². The zero-order chi connectivity index (χ0) is 25.5. The van der Waals surface area contributed by atoms with Crippen molar-refractivity contribution in [3.63, 3.8) is 0 Å². The first-order chi connectivity index (χ1) is 17.7. The summed E-state index contributed by atoms with van der Waals surface area (Å²) in [6.07, 6.45) is 10.7. The van der Waals surface area contributed by atoms with Crippen LogP contribution in [0.4, 0.5) is 0 Å². The van der Waals surface area contributed by atoms with Gasteiger partial charge in [-0.15, -0.1) is 0 Å². The van der Waals surface area contributed by atoms with Crippen LogP contribution in [-0.2, 0) is 20.0 Å². The van der Waals surface area contributed by atoms with Gasteiger partial charge < -0.3 is 9.47 Å². The Kier molecular flexibility index (Phi) is 5.81. The minimum absolute atomic E-state index is 0.0137. The highest BCUT2D eigenvalue weighted by atomic mass is 32.2. The molecule has 0 spiro atoms. The third-order valence-corrected chi connectivity index (χ3v) is 14.3. The van der Waals surface area contributed by atoms with Crippen molar-refractivity contribution in [3.05, 3.63) is 11.9 Å². The topological polar surface area (TPSA) is 119 Å². The Balaban J connectivity index is 1.01. The number of hydrogen-bond acceptors (Lipinski definition) is 8. The summed E-state index contributed by atoms with van der Waals surface area (Å²) in [4.78, 5) is 8.77. The molecule has 4 aliphatic heterocycles. The second kappa shape index (κ2) is 8.76. The van der Waals surface area contributed by atoms with Gasteiger partial charge in [0.2, 0.25) is 31.8 Å². The van der Waals surface area contributed by atoms with Crippen molar-refractivity contribution in [1.82, 2.24) is 18.6 Å². The zero-order valence-corrected chi connectivity index (χ0v) is 22.9. The maximum atomic E-state index is 12.9. The third-order valence-electron chi connectivity index (χ3n) is 9.27. The van der Waals surface area contributed by atoms with Crippen molar-refractivity contribution in [1.29, 1.82) is 0 Å². The zero-order valence-electron chi connectivity index (χ0n) is 21.2. The van der Waals surface area contributed by atoms with Crippen LogP contribution >= 0.6 is 0 Å². The van der Waals surface area contributed by atoms with E-state index < -0.39 is 20.0 Å². The molecule has 37 heavy (non-hydrogen) atoms. The first kappa shape index (κ1) is 24.5. The number of rotatable bonds is 8. The number of fused-ring (bicyclic) bond motifs is 4. The maximum Gasteiger partial charge on any atom is 0.223 e. The van der Waals surface area contributed by atoms with Crippen LogP contribution < -0.4 is 9.47 Å². The van der Waals surface area contributed by atoms with Crippen LogP contribution in [0.3, 0.4) is 0 Å². The Hall–Kier alpha value is -1.50. The summed E-state index contributed by atoms with van der Waals surface area (Å²) in [7, 11) is -6.36. The SMILES string of the molecule is Cc1c(OC2C[C@H]3CC[C@H](C2)N3S(=O)(=O)C2CC2)ncnc1OC1C[C@@H]2CC[C@@H](C1)N2S(=O)(=O)C1CC1. The minimum Gasteiger partial charge on any atom is -0.474 e. The quantitative estimate of drug-likeness (QED) is 0.483. The van der Waals surface area contributed by atoms with E-state index in [1.807, 2.05) is 6.92 Å². The lowest BCUT2D eigenvalue weighted by molar-refractivity contribution is 0.0834. The fourth-order valence-corrected chi connectivity index (χ4v) is 11.8. The molecule has 0 aromatic carbocycles. The average molecular weight is 553 g/mol. The first-order valence-corrected chi connectivity index (χ1v) is 16.9.